The largest absolute Gasteiger partial charge is 0.336 e. The number of halogens is 2. The topological polar surface area (TPSA) is 20.3 Å². The summed E-state index contributed by atoms with van der Waals surface area (Å²) >= 11 is 0. The highest BCUT2D eigenvalue weighted by Crippen LogP contribution is 2.29. The van der Waals surface area contributed by atoms with Gasteiger partial charge in [0.15, 0.2) is 11.6 Å². The van der Waals surface area contributed by atoms with E-state index in [1.54, 1.807) is 36.3 Å². The molecule has 0 spiro atoms. The van der Waals surface area contributed by atoms with Crippen molar-refractivity contribution in [2.45, 2.75) is 32.7 Å². The van der Waals surface area contributed by atoms with Crippen molar-refractivity contribution < 1.29 is 13.6 Å². The Bertz CT molecular complexity index is 729. The van der Waals surface area contributed by atoms with Gasteiger partial charge in [0, 0.05) is 18.2 Å². The molecule has 1 amide bonds. The summed E-state index contributed by atoms with van der Waals surface area (Å²) in [5, 5.41) is 0. The van der Waals surface area contributed by atoms with Crippen molar-refractivity contribution in [3.05, 3.63) is 78.4 Å². The summed E-state index contributed by atoms with van der Waals surface area (Å²) in [7, 11) is 1.71. The van der Waals surface area contributed by atoms with Crippen LogP contribution >= 0.6 is 0 Å². The van der Waals surface area contributed by atoms with Crippen LogP contribution in [0.3, 0.4) is 0 Å². The summed E-state index contributed by atoms with van der Waals surface area (Å²) in [6.45, 7) is 13.2. The molecule has 0 radical (unpaired) electrons. The van der Waals surface area contributed by atoms with Gasteiger partial charge in [-0.25, -0.2) is 8.78 Å². The average molecular weight is 345 g/mol. The first kappa shape index (κ1) is 20.6. The number of amides is 1. The third-order valence-electron chi connectivity index (χ3n) is 4.08. The molecule has 0 saturated heterocycles. The number of carbonyl (C=O) groups excluding carboxylic acids is 1. The maximum atomic E-state index is 13.4. The van der Waals surface area contributed by atoms with E-state index in [0.29, 0.717) is 23.1 Å². The minimum Gasteiger partial charge on any atom is -0.336 e. The van der Waals surface area contributed by atoms with Crippen molar-refractivity contribution in [2.75, 3.05) is 7.05 Å². The number of hydrogen-bond donors (Lipinski definition) is 0. The first-order valence-electron chi connectivity index (χ1n) is 8.00. The zero-order valence-electron chi connectivity index (χ0n) is 15.3. The molecule has 0 saturated carbocycles. The lowest BCUT2D eigenvalue weighted by Crippen LogP contribution is -2.45. The van der Waals surface area contributed by atoms with Crippen molar-refractivity contribution in [3.8, 4) is 0 Å². The Morgan fingerprint density at radius 1 is 1.28 bits per heavy atom. The van der Waals surface area contributed by atoms with Gasteiger partial charge in [-0.2, -0.15) is 0 Å². The van der Waals surface area contributed by atoms with E-state index in [0.717, 1.165) is 12.1 Å². The number of benzene rings is 1. The van der Waals surface area contributed by atoms with Gasteiger partial charge in [-0.1, -0.05) is 43.5 Å². The Morgan fingerprint density at radius 3 is 2.44 bits per heavy atom. The molecular weight excluding hydrogens is 320 g/mol. The van der Waals surface area contributed by atoms with E-state index in [9.17, 15) is 13.6 Å². The highest BCUT2D eigenvalue weighted by molar-refractivity contribution is 5.96. The van der Waals surface area contributed by atoms with Gasteiger partial charge in [0.05, 0.1) is 0 Å². The van der Waals surface area contributed by atoms with Crippen LogP contribution in [0, 0.1) is 11.6 Å². The third kappa shape index (κ3) is 5.24. The Kier molecular flexibility index (Phi) is 7.04. The molecule has 4 heteroatoms. The van der Waals surface area contributed by atoms with E-state index in [4.69, 9.17) is 0 Å². The minimum atomic E-state index is -0.912. The van der Waals surface area contributed by atoms with Crippen molar-refractivity contribution in [1.29, 1.82) is 0 Å². The van der Waals surface area contributed by atoms with Crippen LogP contribution in [0.2, 0.25) is 0 Å². The second-order valence-electron chi connectivity index (χ2n) is 6.44. The van der Waals surface area contributed by atoms with Crippen LogP contribution in [0.1, 0.15) is 32.8 Å². The van der Waals surface area contributed by atoms with Crippen LogP contribution in [0.5, 0.6) is 0 Å². The normalized spacial score (nSPS) is 12.3. The molecule has 0 heterocycles. The Hall–Kier alpha value is -2.49. The molecule has 2 nitrogen and oxygen atoms in total. The predicted octanol–water partition coefficient (Wildman–Crippen LogP) is 5.29. The van der Waals surface area contributed by atoms with Gasteiger partial charge in [-0.05, 0) is 50.5 Å². The molecule has 0 unspecified atom stereocenters. The lowest BCUT2D eigenvalue weighted by atomic mass is 9.89. The monoisotopic (exact) mass is 345 g/mol. The summed E-state index contributed by atoms with van der Waals surface area (Å²) in [6, 6.07) is 3.69. The minimum absolute atomic E-state index is 0.152. The summed E-state index contributed by atoms with van der Waals surface area (Å²) < 4.78 is 26.5. The van der Waals surface area contributed by atoms with E-state index in [1.165, 1.54) is 6.07 Å². The van der Waals surface area contributed by atoms with E-state index in [2.05, 4.69) is 13.2 Å². The third-order valence-corrected chi connectivity index (χ3v) is 4.08. The number of hydrogen-bond acceptors (Lipinski definition) is 1. The Labute approximate surface area is 148 Å². The summed E-state index contributed by atoms with van der Waals surface area (Å²) in [5.74, 6) is -1.96. The predicted molar refractivity (Wildman–Crippen MR) is 100.0 cm³/mol. The molecule has 0 fully saturated rings. The SMILES string of the molecule is C=C/C=C(\C=C/C)C(=O)N(C)C(C)(C)CC(=C)c1ccc(F)c(F)c1. The molecule has 0 aliphatic carbocycles. The van der Waals surface area contributed by atoms with Gasteiger partial charge in [0.2, 0.25) is 0 Å². The molecule has 0 atom stereocenters. The summed E-state index contributed by atoms with van der Waals surface area (Å²) in [6.07, 6.45) is 7.14. The number of carbonyl (C=O) groups is 1. The highest BCUT2D eigenvalue weighted by atomic mass is 19.2. The maximum Gasteiger partial charge on any atom is 0.254 e. The lowest BCUT2D eigenvalue weighted by molar-refractivity contribution is -0.129. The van der Waals surface area contributed by atoms with Crippen molar-refractivity contribution in [1.82, 2.24) is 4.90 Å². The molecule has 0 aliphatic heterocycles. The molecule has 0 aliphatic rings. The average Bonchev–Trinajstić information content (AvgIpc) is 2.55. The fourth-order valence-corrected chi connectivity index (χ4v) is 2.43. The number of rotatable bonds is 7. The molecule has 134 valence electrons. The molecule has 0 bridgehead atoms. The van der Waals surface area contributed by atoms with E-state index >= 15 is 0 Å². The van der Waals surface area contributed by atoms with Crippen LogP contribution in [-0.2, 0) is 4.79 Å². The Morgan fingerprint density at radius 2 is 1.92 bits per heavy atom. The molecule has 1 rings (SSSR count). The first-order chi connectivity index (χ1) is 11.6. The highest BCUT2D eigenvalue weighted by Gasteiger charge is 2.29. The lowest BCUT2D eigenvalue weighted by Gasteiger charge is -2.37. The molecule has 25 heavy (non-hydrogen) atoms. The van der Waals surface area contributed by atoms with Crippen LogP contribution in [-0.4, -0.2) is 23.4 Å². The van der Waals surface area contributed by atoms with Gasteiger partial charge < -0.3 is 4.90 Å². The maximum absolute atomic E-state index is 13.4. The zero-order chi connectivity index (χ0) is 19.2. The summed E-state index contributed by atoms with van der Waals surface area (Å²) in [4.78, 5) is 14.3. The fraction of sp³-hybridized carbons (Fsp3) is 0.286. The van der Waals surface area contributed by atoms with Crippen LogP contribution in [0.25, 0.3) is 5.57 Å². The van der Waals surface area contributed by atoms with Gasteiger partial charge in [0.25, 0.3) is 5.91 Å². The van der Waals surface area contributed by atoms with Gasteiger partial charge in [-0.3, -0.25) is 4.79 Å². The quantitative estimate of drug-likeness (QED) is 0.485. The van der Waals surface area contributed by atoms with E-state index in [1.807, 2.05) is 20.8 Å². The van der Waals surface area contributed by atoms with Gasteiger partial charge >= 0.3 is 0 Å². The molecule has 0 N–H and O–H groups in total. The number of nitrogens with zero attached hydrogens (tertiary/aromatic N) is 1. The number of likely N-dealkylation sites (N-methyl/N-ethyl adjacent to an activating group) is 1. The molecular formula is C21H25F2NO. The Balaban J connectivity index is 3.00. The fourth-order valence-electron chi connectivity index (χ4n) is 2.43. The van der Waals surface area contributed by atoms with Gasteiger partial charge in [0.1, 0.15) is 0 Å². The van der Waals surface area contributed by atoms with E-state index < -0.39 is 17.2 Å². The van der Waals surface area contributed by atoms with E-state index in [-0.39, 0.29) is 5.91 Å². The second-order valence-corrected chi connectivity index (χ2v) is 6.44. The first-order valence-corrected chi connectivity index (χ1v) is 8.00. The van der Waals surface area contributed by atoms with Crippen molar-refractivity contribution in [2.24, 2.45) is 0 Å². The summed E-state index contributed by atoms with van der Waals surface area (Å²) in [5.41, 5.74) is 1.10. The van der Waals surface area contributed by atoms with Crippen LogP contribution < -0.4 is 0 Å². The van der Waals surface area contributed by atoms with Crippen LogP contribution in [0.15, 0.2) is 61.2 Å². The van der Waals surface area contributed by atoms with Gasteiger partial charge in [-0.15, -0.1) is 0 Å². The molecule has 1 aromatic rings. The standard InChI is InChI=1S/C21H25F2NO/c1-7-9-16(10-8-2)20(25)24(6)21(4,5)14-15(3)17-11-12-18(22)19(23)13-17/h7-13H,1,3,14H2,2,4-6H3/b10-8-,16-9+. The molecule has 1 aromatic carbocycles. The smallest absolute Gasteiger partial charge is 0.254 e. The van der Waals surface area contributed by atoms with Crippen molar-refractivity contribution in [3.63, 3.8) is 0 Å². The van der Waals surface area contributed by atoms with Crippen molar-refractivity contribution >= 4 is 11.5 Å². The zero-order valence-corrected chi connectivity index (χ0v) is 15.3. The van der Waals surface area contributed by atoms with Crippen LogP contribution in [0.4, 0.5) is 8.78 Å². The second kappa shape index (κ2) is 8.56. The molecule has 0 aromatic heterocycles. The number of allylic oxidation sites excluding steroid dienone is 3.